The smallest absolute Gasteiger partial charge is 0.0190 e. The van der Waals surface area contributed by atoms with Gasteiger partial charge >= 0.3 is 0 Å². The van der Waals surface area contributed by atoms with Crippen molar-refractivity contribution in [1.82, 2.24) is 9.80 Å². The molecule has 1 aromatic rings. The molecule has 22 heavy (non-hydrogen) atoms. The number of hydrogen-bond acceptors (Lipinski definition) is 2. The molecule has 1 aliphatic rings. The van der Waals surface area contributed by atoms with Crippen LogP contribution >= 0.6 is 0 Å². The van der Waals surface area contributed by atoms with E-state index in [1.807, 2.05) is 0 Å². The van der Waals surface area contributed by atoms with Gasteiger partial charge in [0.2, 0.25) is 0 Å². The Morgan fingerprint density at radius 2 is 2.09 bits per heavy atom. The van der Waals surface area contributed by atoms with Gasteiger partial charge in [0, 0.05) is 26.2 Å². The highest BCUT2D eigenvalue weighted by atomic mass is 15.1. The number of rotatable bonds is 7. The number of nitrogens with zero attached hydrogens (tertiary/aromatic N) is 2. The van der Waals surface area contributed by atoms with Crippen molar-refractivity contribution in [3.8, 4) is 0 Å². The second-order valence-electron chi connectivity index (χ2n) is 6.88. The molecule has 2 rings (SSSR count). The van der Waals surface area contributed by atoms with Gasteiger partial charge in [-0.2, -0.15) is 0 Å². The molecule has 0 radical (unpaired) electrons. The summed E-state index contributed by atoms with van der Waals surface area (Å²) in [4.78, 5) is 5.15. The Morgan fingerprint density at radius 3 is 2.77 bits per heavy atom. The largest absolute Gasteiger partial charge is 0.306 e. The van der Waals surface area contributed by atoms with Crippen molar-refractivity contribution in [2.75, 3.05) is 39.8 Å². The number of piperidine rings is 1. The number of likely N-dealkylation sites (tertiary alicyclic amines) is 1. The maximum Gasteiger partial charge on any atom is 0.0190 e. The summed E-state index contributed by atoms with van der Waals surface area (Å²) in [6, 6.07) is 10.9. The Hall–Kier alpha value is -1.12. The summed E-state index contributed by atoms with van der Waals surface area (Å²) in [7, 11) is 2.26. The molecule has 0 bridgehead atoms. The molecule has 0 aromatic heterocycles. The number of hydrogen-bond donors (Lipinski definition) is 0. The van der Waals surface area contributed by atoms with Gasteiger partial charge in [-0.05, 0) is 58.2 Å². The van der Waals surface area contributed by atoms with Crippen molar-refractivity contribution < 1.29 is 0 Å². The van der Waals surface area contributed by atoms with E-state index in [0.717, 1.165) is 25.4 Å². The first-order valence-corrected chi connectivity index (χ1v) is 8.74. The summed E-state index contributed by atoms with van der Waals surface area (Å²) in [6.07, 6.45) is 6.15. The van der Waals surface area contributed by atoms with E-state index in [4.69, 9.17) is 0 Å². The molecule has 1 heterocycles. The quantitative estimate of drug-likeness (QED) is 0.706. The summed E-state index contributed by atoms with van der Waals surface area (Å²) >= 11 is 0. The molecule has 2 heteroatoms. The molecule has 0 spiro atoms. The van der Waals surface area contributed by atoms with Gasteiger partial charge in [-0.25, -0.2) is 0 Å². The summed E-state index contributed by atoms with van der Waals surface area (Å²) in [5, 5.41) is 0. The molecule has 0 N–H and O–H groups in total. The van der Waals surface area contributed by atoms with Crippen LogP contribution in [0.4, 0.5) is 0 Å². The van der Waals surface area contributed by atoms with Crippen molar-refractivity contribution >= 4 is 0 Å². The third kappa shape index (κ3) is 5.94. The first-order valence-electron chi connectivity index (χ1n) is 8.74. The van der Waals surface area contributed by atoms with Crippen LogP contribution < -0.4 is 0 Å². The zero-order valence-electron chi connectivity index (χ0n) is 14.6. The molecule has 1 saturated heterocycles. The molecule has 2 nitrogen and oxygen atoms in total. The topological polar surface area (TPSA) is 6.48 Å². The van der Waals surface area contributed by atoms with Gasteiger partial charge in [-0.15, -0.1) is 0 Å². The van der Waals surface area contributed by atoms with Crippen molar-refractivity contribution in [1.29, 1.82) is 0 Å². The van der Waals surface area contributed by atoms with E-state index in [-0.39, 0.29) is 0 Å². The fraction of sp³-hybridized carbons (Fsp3) is 0.600. The molecule has 0 amide bonds. The fourth-order valence-electron chi connectivity index (χ4n) is 3.40. The van der Waals surface area contributed by atoms with Crippen LogP contribution in [-0.4, -0.2) is 49.6 Å². The van der Waals surface area contributed by atoms with Gasteiger partial charge < -0.3 is 4.90 Å². The lowest BCUT2D eigenvalue weighted by atomic mass is 9.97. The second kappa shape index (κ2) is 9.12. The average Bonchev–Trinajstić information content (AvgIpc) is 2.53. The van der Waals surface area contributed by atoms with Gasteiger partial charge in [0.15, 0.2) is 0 Å². The van der Waals surface area contributed by atoms with E-state index in [0.29, 0.717) is 0 Å². The normalized spacial score (nSPS) is 20.5. The molecule has 1 atom stereocenters. The zero-order chi connectivity index (χ0) is 15.8. The third-order valence-electron chi connectivity index (χ3n) is 4.76. The lowest BCUT2D eigenvalue weighted by molar-refractivity contribution is 0.158. The SMILES string of the molecule is CC=C(C)CN(CCc1ccccc1)CC1CCCN(C)C1. The molecule has 0 saturated carbocycles. The molecular weight excluding hydrogens is 268 g/mol. The minimum atomic E-state index is 0.833. The van der Waals surface area contributed by atoms with Crippen LogP contribution in [0.3, 0.4) is 0 Å². The van der Waals surface area contributed by atoms with Crippen LogP contribution in [0.2, 0.25) is 0 Å². The summed E-state index contributed by atoms with van der Waals surface area (Å²) in [5.41, 5.74) is 2.93. The first kappa shape index (κ1) is 17.2. The standard InChI is InChI=1S/C20H32N2/c1-4-18(2)15-22(14-12-19-9-6-5-7-10-19)17-20-11-8-13-21(3)16-20/h4-7,9-10,20H,8,11-17H2,1-3H3. The predicted molar refractivity (Wildman–Crippen MR) is 96.2 cm³/mol. The van der Waals surface area contributed by atoms with Crippen LogP contribution in [0.1, 0.15) is 32.3 Å². The highest BCUT2D eigenvalue weighted by molar-refractivity contribution is 5.15. The molecular formula is C20H32N2. The Bertz CT molecular complexity index is 452. The average molecular weight is 300 g/mol. The number of allylic oxidation sites excluding steroid dienone is 1. The predicted octanol–water partition coefficient (Wildman–Crippen LogP) is 3.84. The Morgan fingerprint density at radius 1 is 1.32 bits per heavy atom. The van der Waals surface area contributed by atoms with Gasteiger partial charge in [0.05, 0.1) is 0 Å². The van der Waals surface area contributed by atoms with Crippen LogP contribution in [0.5, 0.6) is 0 Å². The van der Waals surface area contributed by atoms with E-state index in [9.17, 15) is 0 Å². The number of benzene rings is 1. The Kier molecular flexibility index (Phi) is 7.14. The maximum atomic E-state index is 2.66. The molecule has 0 aliphatic carbocycles. The Labute approximate surface area is 136 Å². The molecule has 1 fully saturated rings. The lowest BCUT2D eigenvalue weighted by Gasteiger charge is -2.34. The molecule has 1 aromatic carbocycles. The van der Waals surface area contributed by atoms with Gasteiger partial charge in [0.25, 0.3) is 0 Å². The third-order valence-corrected chi connectivity index (χ3v) is 4.76. The molecule has 122 valence electrons. The minimum absolute atomic E-state index is 0.833. The van der Waals surface area contributed by atoms with Crippen molar-refractivity contribution in [2.24, 2.45) is 5.92 Å². The second-order valence-corrected chi connectivity index (χ2v) is 6.88. The zero-order valence-corrected chi connectivity index (χ0v) is 14.6. The van der Waals surface area contributed by atoms with Crippen molar-refractivity contribution in [3.63, 3.8) is 0 Å². The van der Waals surface area contributed by atoms with E-state index >= 15 is 0 Å². The molecule has 1 unspecified atom stereocenters. The van der Waals surface area contributed by atoms with Gasteiger partial charge in [0.1, 0.15) is 0 Å². The highest BCUT2D eigenvalue weighted by Gasteiger charge is 2.20. The summed E-state index contributed by atoms with van der Waals surface area (Å²) < 4.78 is 0. The molecule has 1 aliphatic heterocycles. The van der Waals surface area contributed by atoms with Crippen molar-refractivity contribution in [2.45, 2.75) is 33.1 Å². The van der Waals surface area contributed by atoms with E-state index in [2.05, 4.69) is 67.1 Å². The summed E-state index contributed by atoms with van der Waals surface area (Å²) in [6.45, 7) is 10.5. The van der Waals surface area contributed by atoms with Crippen LogP contribution in [0.25, 0.3) is 0 Å². The minimum Gasteiger partial charge on any atom is -0.306 e. The van der Waals surface area contributed by atoms with E-state index < -0.39 is 0 Å². The first-order chi connectivity index (χ1) is 10.7. The maximum absolute atomic E-state index is 2.66. The van der Waals surface area contributed by atoms with Crippen LogP contribution in [0.15, 0.2) is 42.0 Å². The van der Waals surface area contributed by atoms with Crippen LogP contribution in [0, 0.1) is 5.92 Å². The Balaban J connectivity index is 1.90. The van der Waals surface area contributed by atoms with Gasteiger partial charge in [-0.1, -0.05) is 42.0 Å². The van der Waals surface area contributed by atoms with E-state index in [1.54, 1.807) is 0 Å². The highest BCUT2D eigenvalue weighted by Crippen LogP contribution is 2.17. The van der Waals surface area contributed by atoms with Crippen LogP contribution in [-0.2, 0) is 6.42 Å². The van der Waals surface area contributed by atoms with Gasteiger partial charge in [-0.3, -0.25) is 4.90 Å². The summed E-state index contributed by atoms with van der Waals surface area (Å²) in [5.74, 6) is 0.833. The lowest BCUT2D eigenvalue weighted by Crippen LogP contribution is -2.40. The van der Waals surface area contributed by atoms with Crippen molar-refractivity contribution in [3.05, 3.63) is 47.5 Å². The van der Waals surface area contributed by atoms with E-state index in [1.165, 1.54) is 43.6 Å². The monoisotopic (exact) mass is 300 g/mol. The fourth-order valence-corrected chi connectivity index (χ4v) is 3.40.